The quantitative estimate of drug-likeness (QED) is 0.641. The molecular weight excluding hydrogens is 158 g/mol. The van der Waals surface area contributed by atoms with Gasteiger partial charge >= 0.3 is 0 Å². The van der Waals surface area contributed by atoms with Crippen LogP contribution >= 0.6 is 0 Å². The molecule has 58 valence electrons. The second-order valence-electron chi connectivity index (χ2n) is 2.21. The molecule has 1 aromatic rings. The maximum atomic E-state index is 10.6. The molecule has 0 bridgehead atoms. The summed E-state index contributed by atoms with van der Waals surface area (Å²) in [4.78, 5) is 11.3. The Morgan fingerprint density at radius 3 is 2.36 bits per heavy atom. The van der Waals surface area contributed by atoms with Crippen LogP contribution in [0.25, 0.3) is 0 Å². The number of carbonyl (C=O) groups excluding carboxylic acids is 1. The first-order valence-electron chi connectivity index (χ1n) is 3.23. The van der Waals surface area contributed by atoms with Gasteiger partial charge in [-0.15, -0.1) is 0 Å². The van der Waals surface area contributed by atoms with Crippen LogP contribution in [0.5, 0.6) is 0 Å². The average Bonchev–Trinajstić information content (AvgIpc) is 1.93. The van der Waals surface area contributed by atoms with Crippen molar-refractivity contribution in [3.8, 4) is 0 Å². The van der Waals surface area contributed by atoms with Gasteiger partial charge in [0.05, 0.1) is 0 Å². The number of anilines is 1. The fraction of sp³-hybridized carbons (Fsp3) is 0.125. The Hall–Kier alpha value is -1.09. The van der Waals surface area contributed by atoms with Gasteiger partial charge < -0.3 is 17.9 Å². The van der Waals surface area contributed by atoms with E-state index in [1.807, 2.05) is 0 Å². The lowest BCUT2D eigenvalue weighted by Gasteiger charge is -2.06. The van der Waals surface area contributed by atoms with E-state index in [0.29, 0.717) is 0 Å². The number of nitrogens with one attached hydrogen (secondary N) is 1. The van der Waals surface area contributed by atoms with Crippen LogP contribution in [0.3, 0.4) is 0 Å². The molecule has 0 aliphatic carbocycles. The van der Waals surface area contributed by atoms with E-state index in [0.717, 1.165) is 10.6 Å². The van der Waals surface area contributed by atoms with Crippen LogP contribution in [0.15, 0.2) is 29.2 Å². The molecule has 0 aliphatic rings. The molecule has 0 saturated heterocycles. The molecule has 11 heavy (non-hydrogen) atoms. The fourth-order valence-corrected chi connectivity index (χ4v) is 0.878. The Morgan fingerprint density at radius 2 is 1.91 bits per heavy atom. The van der Waals surface area contributed by atoms with E-state index in [2.05, 4.69) is 5.32 Å². The minimum absolute atomic E-state index is 0.0675. The Bertz CT molecular complexity index is 255. The summed E-state index contributed by atoms with van der Waals surface area (Å²) in [6.07, 6.45) is 0. The van der Waals surface area contributed by atoms with Crippen LogP contribution in [0.1, 0.15) is 6.92 Å². The first-order chi connectivity index (χ1) is 5.18. The molecule has 1 aromatic carbocycles. The number of hydrogen-bond donors (Lipinski definition) is 1. The lowest BCUT2D eigenvalue weighted by Crippen LogP contribution is -2.05. The van der Waals surface area contributed by atoms with Gasteiger partial charge in [-0.05, 0) is 12.1 Å². The van der Waals surface area contributed by atoms with Crippen LogP contribution < -0.4 is 5.32 Å². The Kier molecular flexibility index (Phi) is 2.44. The molecule has 0 fully saturated rings. The number of benzene rings is 1. The minimum atomic E-state index is -0.0675. The average molecular weight is 166 g/mol. The van der Waals surface area contributed by atoms with Gasteiger partial charge in [0, 0.05) is 12.6 Å². The highest BCUT2D eigenvalue weighted by atomic mass is 32.1. The zero-order valence-electron chi connectivity index (χ0n) is 6.13. The molecule has 1 N–H and O–H groups in total. The highest BCUT2D eigenvalue weighted by Crippen LogP contribution is 2.07. The van der Waals surface area contributed by atoms with Crippen LogP contribution in [-0.2, 0) is 17.4 Å². The minimum Gasteiger partial charge on any atom is -0.780 e. The highest BCUT2D eigenvalue weighted by molar-refractivity contribution is 7.58. The third-order valence-corrected chi connectivity index (χ3v) is 1.45. The normalized spacial score (nSPS) is 9.18. The second kappa shape index (κ2) is 3.34. The SMILES string of the molecule is CC(=O)Nc1ccc([S-])cc1. The summed E-state index contributed by atoms with van der Waals surface area (Å²) in [6, 6.07) is 7.12. The molecule has 0 aliphatic heterocycles. The molecule has 0 atom stereocenters. The van der Waals surface area contributed by atoms with E-state index in [-0.39, 0.29) is 5.91 Å². The molecule has 1 rings (SSSR count). The largest absolute Gasteiger partial charge is 0.780 e. The zero-order chi connectivity index (χ0) is 8.27. The number of carbonyl (C=O) groups is 1. The molecule has 0 aromatic heterocycles. The van der Waals surface area contributed by atoms with E-state index < -0.39 is 0 Å². The standard InChI is InChI=1S/C8H9NOS/c1-6(10)9-7-2-4-8(11)5-3-7/h2-5,11H,1H3,(H,9,10)/p-1. The number of amides is 1. The Balaban J connectivity index is 2.74. The highest BCUT2D eigenvalue weighted by Gasteiger charge is 1.90. The molecule has 0 spiro atoms. The second-order valence-corrected chi connectivity index (χ2v) is 2.68. The lowest BCUT2D eigenvalue weighted by atomic mass is 10.3. The summed E-state index contributed by atoms with van der Waals surface area (Å²) in [5.41, 5.74) is 0.783. The maximum Gasteiger partial charge on any atom is 0.221 e. The first kappa shape index (κ1) is 8.01. The molecule has 0 saturated carbocycles. The molecule has 2 nitrogen and oxygen atoms in total. The van der Waals surface area contributed by atoms with Crippen LogP contribution in [0, 0.1) is 0 Å². The summed E-state index contributed by atoms with van der Waals surface area (Å²) < 4.78 is 0. The Morgan fingerprint density at radius 1 is 1.36 bits per heavy atom. The van der Waals surface area contributed by atoms with Crippen molar-refractivity contribution in [3.63, 3.8) is 0 Å². The van der Waals surface area contributed by atoms with Gasteiger partial charge in [-0.1, -0.05) is 12.1 Å². The van der Waals surface area contributed by atoms with E-state index in [1.54, 1.807) is 24.3 Å². The summed E-state index contributed by atoms with van der Waals surface area (Å²) in [5, 5.41) is 2.65. The van der Waals surface area contributed by atoms with Crippen molar-refractivity contribution < 1.29 is 4.79 Å². The molecular formula is C8H8NOS-. The van der Waals surface area contributed by atoms with E-state index in [9.17, 15) is 4.79 Å². The van der Waals surface area contributed by atoms with Gasteiger partial charge in [-0.25, -0.2) is 0 Å². The third-order valence-electron chi connectivity index (χ3n) is 1.17. The van der Waals surface area contributed by atoms with Crippen molar-refractivity contribution in [2.24, 2.45) is 0 Å². The van der Waals surface area contributed by atoms with Crippen molar-refractivity contribution in [1.82, 2.24) is 0 Å². The lowest BCUT2D eigenvalue weighted by molar-refractivity contribution is -0.114. The van der Waals surface area contributed by atoms with Crippen LogP contribution in [0.2, 0.25) is 0 Å². The number of hydrogen-bond acceptors (Lipinski definition) is 2. The monoisotopic (exact) mass is 166 g/mol. The number of rotatable bonds is 1. The topological polar surface area (TPSA) is 29.1 Å². The third kappa shape index (κ3) is 2.55. The summed E-state index contributed by atoms with van der Waals surface area (Å²) in [5.74, 6) is -0.0675. The molecule has 0 unspecified atom stereocenters. The van der Waals surface area contributed by atoms with Crippen molar-refractivity contribution in [1.29, 1.82) is 0 Å². The first-order valence-corrected chi connectivity index (χ1v) is 3.64. The fourth-order valence-electron chi connectivity index (χ4n) is 0.742. The van der Waals surface area contributed by atoms with Gasteiger partial charge in [0.2, 0.25) is 5.91 Å². The van der Waals surface area contributed by atoms with Gasteiger partial charge in [0.15, 0.2) is 0 Å². The molecule has 3 heteroatoms. The molecule has 0 heterocycles. The van der Waals surface area contributed by atoms with Crippen molar-refractivity contribution in [3.05, 3.63) is 24.3 Å². The van der Waals surface area contributed by atoms with Crippen molar-refractivity contribution >= 4 is 24.2 Å². The van der Waals surface area contributed by atoms with E-state index in [1.165, 1.54) is 6.92 Å². The van der Waals surface area contributed by atoms with Crippen LogP contribution in [-0.4, -0.2) is 5.91 Å². The molecule has 1 amide bonds. The predicted octanol–water partition coefficient (Wildman–Crippen LogP) is 1.55. The van der Waals surface area contributed by atoms with E-state index in [4.69, 9.17) is 12.6 Å². The summed E-state index contributed by atoms with van der Waals surface area (Å²) >= 11 is 4.87. The molecule has 0 radical (unpaired) electrons. The Labute approximate surface area is 71.0 Å². The zero-order valence-corrected chi connectivity index (χ0v) is 6.94. The predicted molar refractivity (Wildman–Crippen MR) is 46.4 cm³/mol. The maximum absolute atomic E-state index is 10.6. The summed E-state index contributed by atoms with van der Waals surface area (Å²) in [7, 11) is 0. The van der Waals surface area contributed by atoms with E-state index >= 15 is 0 Å². The van der Waals surface area contributed by atoms with Gasteiger partial charge in [-0.2, -0.15) is 4.90 Å². The summed E-state index contributed by atoms with van der Waals surface area (Å²) in [6.45, 7) is 1.47. The van der Waals surface area contributed by atoms with Gasteiger partial charge in [-0.3, -0.25) is 4.79 Å². The van der Waals surface area contributed by atoms with Gasteiger partial charge in [0.1, 0.15) is 0 Å². The van der Waals surface area contributed by atoms with Crippen molar-refractivity contribution in [2.75, 3.05) is 5.32 Å². The van der Waals surface area contributed by atoms with Crippen LogP contribution in [0.4, 0.5) is 5.69 Å². The van der Waals surface area contributed by atoms with Crippen molar-refractivity contribution in [2.45, 2.75) is 11.8 Å². The smallest absolute Gasteiger partial charge is 0.221 e. The van der Waals surface area contributed by atoms with Gasteiger partial charge in [0.25, 0.3) is 0 Å².